The van der Waals surface area contributed by atoms with Gasteiger partial charge in [-0.05, 0) is 206 Å². The van der Waals surface area contributed by atoms with Gasteiger partial charge in [-0.1, -0.05) is 176 Å². The van der Waals surface area contributed by atoms with Crippen LogP contribution in [0.1, 0.15) is 279 Å². The molecule has 5 aliphatic carbocycles. The van der Waals surface area contributed by atoms with Gasteiger partial charge < -0.3 is 71.5 Å². The molecule has 4 aromatic rings. The molecule has 97 heavy (non-hydrogen) atoms. The maximum absolute atomic E-state index is 12.1. The first kappa shape index (κ1) is 92.3. The number of hydrogen-bond acceptors (Lipinski definition) is 17. The van der Waals surface area contributed by atoms with Crippen LogP contribution in [0.5, 0.6) is 23.0 Å². The minimum Gasteiger partial charge on any atom is -0.790 e. The zero-order valence-electron chi connectivity index (χ0n) is 60.8. The van der Waals surface area contributed by atoms with E-state index in [1.54, 1.807) is 0 Å². The van der Waals surface area contributed by atoms with Crippen LogP contribution < -0.4 is 162 Å². The molecule has 6 fully saturated rings. The third-order valence-corrected chi connectivity index (χ3v) is 20.7. The van der Waals surface area contributed by atoms with E-state index in [0.717, 1.165) is 97.1 Å². The molecule has 0 bridgehead atoms. The Morgan fingerprint density at radius 2 is 0.701 bits per heavy atom. The molecular weight excluding hydrogens is 1310 g/mol. The summed E-state index contributed by atoms with van der Waals surface area (Å²) in [6.07, 6.45) is 17.0. The van der Waals surface area contributed by atoms with Crippen molar-refractivity contribution in [3.63, 3.8) is 0 Å². The Morgan fingerprint density at radius 1 is 0.423 bits per heavy atom. The minimum absolute atomic E-state index is 0. The van der Waals surface area contributed by atoms with E-state index >= 15 is 0 Å². The maximum Gasteiger partial charge on any atom is 1.00 e. The molecule has 1 saturated heterocycles. The van der Waals surface area contributed by atoms with Gasteiger partial charge in [0.15, 0.2) is 13.6 Å². The average molecular weight is 1420 g/mol. The van der Waals surface area contributed by atoms with Crippen LogP contribution >= 0.6 is 15.6 Å². The van der Waals surface area contributed by atoms with Crippen LogP contribution in [0.25, 0.3) is 0 Å². The summed E-state index contributed by atoms with van der Waals surface area (Å²) in [5, 5.41) is 3.19. The second-order valence-electron chi connectivity index (χ2n) is 27.3. The fourth-order valence-electron chi connectivity index (χ4n) is 12.8. The molecule has 1 aliphatic heterocycles. The monoisotopic (exact) mass is 1420 g/mol. The van der Waals surface area contributed by atoms with Gasteiger partial charge in [0.2, 0.25) is 13.6 Å². The van der Waals surface area contributed by atoms with Gasteiger partial charge in [0.05, 0.1) is 27.5 Å². The third kappa shape index (κ3) is 29.6. The fourth-order valence-corrected chi connectivity index (χ4v) is 13.1. The maximum atomic E-state index is 12.1. The van der Waals surface area contributed by atoms with E-state index in [2.05, 4.69) is 134 Å². The summed E-state index contributed by atoms with van der Waals surface area (Å²) in [5.74, 6) is 8.89. The van der Waals surface area contributed by atoms with E-state index in [1.807, 2.05) is 36.4 Å². The summed E-state index contributed by atoms with van der Waals surface area (Å²) in [7, 11) is -10.0. The number of para-hydroxylation sites is 4. The first-order chi connectivity index (χ1) is 43.8. The summed E-state index contributed by atoms with van der Waals surface area (Å²) in [4.78, 5) is 66.6. The SMILES string of the molecule is C.CC(C)c1cccc([C@H](C)C2CC2)c1OCOC(=O)C1CCCC1.CC(C)c1cccc([C@H](C)C2CC2)c1OCOC(=O)C1CCNC1.CC[C@@H](C)c1cccc([C@H](C)C2CC2)c1OCOP(=O)([O-])[O-].CC[C@H](C)c1cccc([C@H](C)C2CC2)c1OCOP(=O)([O-])[O-].[Na+].[Na+].[Na+].[Na+]. The van der Waals surface area contributed by atoms with Crippen LogP contribution in [0.15, 0.2) is 72.8 Å². The molecule has 0 amide bonds. The van der Waals surface area contributed by atoms with Crippen molar-refractivity contribution in [2.24, 2.45) is 35.5 Å². The number of esters is 2. The van der Waals surface area contributed by atoms with E-state index in [1.165, 1.54) is 73.6 Å². The van der Waals surface area contributed by atoms with E-state index in [-0.39, 0.29) is 175 Å². The van der Waals surface area contributed by atoms with Crippen molar-refractivity contribution in [3.05, 3.63) is 117 Å². The van der Waals surface area contributed by atoms with Gasteiger partial charge in [0.25, 0.3) is 0 Å². The van der Waals surface area contributed by atoms with Crippen molar-refractivity contribution in [2.75, 3.05) is 40.3 Å². The first-order valence-electron chi connectivity index (χ1n) is 34.2. The molecule has 520 valence electrons. The van der Waals surface area contributed by atoms with Gasteiger partial charge in [0, 0.05) is 6.54 Å². The molecule has 23 heteroatoms. The smallest absolute Gasteiger partial charge is 0.790 e. The van der Waals surface area contributed by atoms with Crippen molar-refractivity contribution >= 4 is 27.6 Å². The predicted octanol–water partition coefficient (Wildman–Crippen LogP) is 3.65. The van der Waals surface area contributed by atoms with Crippen molar-refractivity contribution in [1.29, 1.82) is 0 Å². The summed E-state index contributed by atoms with van der Waals surface area (Å²) in [6, 6.07) is 24.8. The number of carbonyl (C=O) groups is 2. The van der Waals surface area contributed by atoms with E-state index in [9.17, 15) is 38.3 Å². The van der Waals surface area contributed by atoms with Gasteiger partial charge >= 0.3 is 130 Å². The van der Waals surface area contributed by atoms with Crippen LogP contribution in [0.2, 0.25) is 0 Å². The fraction of sp³-hybridized carbons (Fsp3) is 0.649. The topological polar surface area (TPSA) is 246 Å². The molecule has 10 rings (SSSR count). The summed E-state index contributed by atoms with van der Waals surface area (Å²) < 4.78 is 63.6. The molecule has 0 radical (unpaired) electrons. The minimum atomic E-state index is -5.02. The Labute approximate surface area is 670 Å². The van der Waals surface area contributed by atoms with Gasteiger partial charge in [-0.15, -0.1) is 0 Å². The van der Waals surface area contributed by atoms with Crippen LogP contribution in [-0.4, -0.2) is 52.2 Å². The van der Waals surface area contributed by atoms with Gasteiger partial charge in [-0.2, -0.15) is 0 Å². The van der Waals surface area contributed by atoms with Gasteiger partial charge in [-0.25, -0.2) is 0 Å². The van der Waals surface area contributed by atoms with E-state index in [0.29, 0.717) is 65.4 Å². The number of carbonyl (C=O) groups excluding carboxylic acids is 2. The third-order valence-electron chi connectivity index (χ3n) is 19.8. The van der Waals surface area contributed by atoms with Crippen molar-refractivity contribution < 1.29 is 194 Å². The van der Waals surface area contributed by atoms with E-state index in [4.69, 9.17) is 28.4 Å². The molecule has 5 saturated carbocycles. The summed E-state index contributed by atoms with van der Waals surface area (Å²) in [5.41, 5.74) is 9.11. The number of hydrogen-bond donors (Lipinski definition) is 1. The molecule has 1 unspecified atom stereocenters. The Kier molecular flexibility index (Phi) is 42.7. The second-order valence-corrected chi connectivity index (χ2v) is 29.6. The number of phosphoric acid groups is 2. The molecule has 1 N–H and O–H groups in total. The number of benzene rings is 4. The molecule has 6 aliphatic rings. The van der Waals surface area contributed by atoms with Crippen LogP contribution in [0, 0.1) is 35.5 Å². The summed E-state index contributed by atoms with van der Waals surface area (Å²) in [6.45, 7) is 26.5. The van der Waals surface area contributed by atoms with Crippen LogP contribution in [0.4, 0.5) is 0 Å². The molecular formula is C74H109NNa4O16P2. The number of ether oxygens (including phenoxy) is 6. The molecule has 1 heterocycles. The molecule has 0 aromatic heterocycles. The Balaban J connectivity index is 0.000000433. The Morgan fingerprint density at radius 3 is 0.969 bits per heavy atom. The normalized spacial score (nSPS) is 18.4. The zero-order valence-corrected chi connectivity index (χ0v) is 70.6. The predicted molar refractivity (Wildman–Crippen MR) is 357 cm³/mol. The number of phosphoric ester groups is 2. The van der Waals surface area contributed by atoms with Crippen LogP contribution in [-0.2, 0) is 37.2 Å². The second kappa shape index (κ2) is 44.9. The van der Waals surface area contributed by atoms with Crippen molar-refractivity contribution in [3.8, 4) is 23.0 Å². The molecule has 4 aromatic carbocycles. The number of nitrogens with one attached hydrogen (secondary N) is 1. The molecule has 7 atom stereocenters. The largest absolute Gasteiger partial charge is 1.00 e. The molecule has 17 nitrogen and oxygen atoms in total. The van der Waals surface area contributed by atoms with E-state index < -0.39 is 29.2 Å². The zero-order chi connectivity index (χ0) is 66.9. The number of rotatable bonds is 30. The summed E-state index contributed by atoms with van der Waals surface area (Å²) >= 11 is 0. The Hall–Kier alpha value is -0.800. The average Bonchev–Trinajstić information content (AvgIpc) is 1.51. The molecule has 0 spiro atoms. The van der Waals surface area contributed by atoms with Crippen LogP contribution in [0.3, 0.4) is 0 Å². The van der Waals surface area contributed by atoms with Crippen molar-refractivity contribution in [1.82, 2.24) is 5.32 Å². The first-order valence-corrected chi connectivity index (χ1v) is 37.1. The quantitative estimate of drug-likeness (QED) is 0.0339. The van der Waals surface area contributed by atoms with Crippen molar-refractivity contribution in [2.45, 2.75) is 234 Å². The standard InChI is InChI=1S/C21H30O3.C20H29NO3.2C16H25O5P.CH4.4Na/c1-14(2)18-9-6-10-19(15(3)16-11-12-16)20(18)23-13-24-21(22)17-7-4-5-8-17;1-13(2)17-5-4-6-18(14(3)15-7-8-15)19(17)23-12-24-20(22)16-9-10-21-11-16;2*1-4-11(2)14-6-5-7-15(12(3)13-8-9-13)16(14)20-10-21-22(17,18)19;;;;;/h6,9-10,14-17H,4-5,7-8,11-13H2,1-3H3;4-6,13-16,21H,7-12H2,1-3H3;2*5-7,11-13H,4,8-10H2,1-3H3,(H2,17,18,19);1H4;;;;/q;;;;;4*+1/p-4/t15-;14-,16?;11-,12+;11-,12-;;;;;/m1101...../s1. The van der Waals surface area contributed by atoms with Gasteiger partial charge in [0.1, 0.15) is 23.0 Å². The van der Waals surface area contributed by atoms with Gasteiger partial charge in [-0.3, -0.25) is 9.59 Å². The Bertz CT molecular complexity index is 2880.